The van der Waals surface area contributed by atoms with Crippen molar-refractivity contribution >= 4 is 46.4 Å². The minimum Gasteiger partial charge on any atom is -0.489 e. The minimum atomic E-state index is -0.338. The van der Waals surface area contributed by atoms with Crippen LogP contribution in [0.25, 0.3) is 0 Å². The Morgan fingerprint density at radius 2 is 1.77 bits per heavy atom. The van der Waals surface area contributed by atoms with Crippen molar-refractivity contribution in [1.82, 2.24) is 0 Å². The molecule has 0 saturated carbocycles. The van der Waals surface area contributed by atoms with Crippen LogP contribution in [0.4, 0.5) is 5.69 Å². The van der Waals surface area contributed by atoms with Gasteiger partial charge in [0.05, 0.1) is 21.7 Å². The van der Waals surface area contributed by atoms with Crippen molar-refractivity contribution in [2.75, 3.05) is 5.32 Å². The van der Waals surface area contributed by atoms with E-state index in [1.54, 1.807) is 30.3 Å². The van der Waals surface area contributed by atoms with Crippen molar-refractivity contribution in [2.24, 2.45) is 0 Å². The molecule has 6 heteroatoms. The fraction of sp³-hybridized carbons (Fsp3) is 0.188. The Labute approximate surface area is 144 Å². The fourth-order valence-electron chi connectivity index (χ4n) is 1.80. The number of carbonyl (C=O) groups is 1. The number of hydrogen-bond donors (Lipinski definition) is 1. The normalized spacial score (nSPS) is 10.6. The molecule has 0 spiro atoms. The molecule has 1 amide bonds. The summed E-state index contributed by atoms with van der Waals surface area (Å²) in [5.74, 6) is 0.231. The molecule has 2 aromatic carbocycles. The lowest BCUT2D eigenvalue weighted by Crippen LogP contribution is -2.12. The first-order valence-corrected chi connectivity index (χ1v) is 7.73. The highest BCUT2D eigenvalue weighted by Gasteiger charge is 2.12. The van der Waals surface area contributed by atoms with Gasteiger partial charge in [-0.1, -0.05) is 34.8 Å². The second-order valence-electron chi connectivity index (χ2n) is 4.89. The Morgan fingerprint density at radius 3 is 2.36 bits per heavy atom. The van der Waals surface area contributed by atoms with Gasteiger partial charge >= 0.3 is 0 Å². The molecular weight excluding hydrogens is 345 g/mol. The monoisotopic (exact) mass is 357 g/mol. The molecule has 0 saturated heterocycles. The van der Waals surface area contributed by atoms with Crippen molar-refractivity contribution in [1.29, 1.82) is 0 Å². The SMILES string of the molecule is CC(C)Oc1ccc(NC(=O)c2ccc(Cl)cc2Cl)cc1Cl. The van der Waals surface area contributed by atoms with Gasteiger partial charge in [0.15, 0.2) is 0 Å². The highest BCUT2D eigenvalue weighted by molar-refractivity contribution is 6.37. The lowest BCUT2D eigenvalue weighted by atomic mass is 10.2. The van der Waals surface area contributed by atoms with Crippen molar-refractivity contribution in [3.8, 4) is 5.75 Å². The molecule has 0 aliphatic rings. The van der Waals surface area contributed by atoms with Gasteiger partial charge in [-0.3, -0.25) is 4.79 Å². The maximum Gasteiger partial charge on any atom is 0.257 e. The first-order valence-electron chi connectivity index (χ1n) is 6.59. The maximum atomic E-state index is 12.2. The Kier molecular flexibility index (Phi) is 5.57. The molecule has 0 heterocycles. The maximum absolute atomic E-state index is 12.2. The fourth-order valence-corrected chi connectivity index (χ4v) is 2.52. The Bertz CT molecular complexity index is 702. The Hall–Kier alpha value is -1.42. The van der Waals surface area contributed by atoms with E-state index in [1.807, 2.05) is 13.8 Å². The predicted octanol–water partition coefficient (Wildman–Crippen LogP) is 5.69. The summed E-state index contributed by atoms with van der Waals surface area (Å²) in [5.41, 5.74) is 0.891. The highest BCUT2D eigenvalue weighted by Crippen LogP contribution is 2.29. The molecule has 0 fully saturated rings. The average Bonchev–Trinajstić information content (AvgIpc) is 2.41. The van der Waals surface area contributed by atoms with E-state index in [9.17, 15) is 4.79 Å². The summed E-state index contributed by atoms with van der Waals surface area (Å²) in [6, 6.07) is 9.74. The van der Waals surface area contributed by atoms with Crippen LogP contribution in [0.5, 0.6) is 5.75 Å². The number of carbonyl (C=O) groups excluding carboxylic acids is 1. The third kappa shape index (κ3) is 4.29. The van der Waals surface area contributed by atoms with E-state index in [1.165, 1.54) is 6.07 Å². The zero-order chi connectivity index (χ0) is 16.3. The summed E-state index contributed by atoms with van der Waals surface area (Å²) in [5, 5.41) is 3.92. The average molecular weight is 359 g/mol. The molecule has 2 rings (SSSR count). The van der Waals surface area contributed by atoms with Gasteiger partial charge in [0.25, 0.3) is 5.91 Å². The van der Waals surface area contributed by atoms with E-state index in [2.05, 4.69) is 5.32 Å². The lowest BCUT2D eigenvalue weighted by molar-refractivity contribution is 0.102. The number of hydrogen-bond acceptors (Lipinski definition) is 2. The molecule has 2 aromatic rings. The van der Waals surface area contributed by atoms with Gasteiger partial charge < -0.3 is 10.1 Å². The summed E-state index contributed by atoms with van der Waals surface area (Å²) < 4.78 is 5.54. The van der Waals surface area contributed by atoms with Crippen molar-refractivity contribution < 1.29 is 9.53 Å². The van der Waals surface area contributed by atoms with Gasteiger partial charge in [0, 0.05) is 10.7 Å². The van der Waals surface area contributed by atoms with E-state index in [-0.39, 0.29) is 17.0 Å². The van der Waals surface area contributed by atoms with Crippen molar-refractivity contribution in [3.05, 3.63) is 57.0 Å². The summed E-state index contributed by atoms with van der Waals surface area (Å²) in [4.78, 5) is 12.2. The highest BCUT2D eigenvalue weighted by atomic mass is 35.5. The summed E-state index contributed by atoms with van der Waals surface area (Å²) in [6.45, 7) is 3.82. The topological polar surface area (TPSA) is 38.3 Å². The Morgan fingerprint density at radius 1 is 1.05 bits per heavy atom. The molecule has 0 atom stereocenters. The zero-order valence-electron chi connectivity index (χ0n) is 12.0. The van der Waals surface area contributed by atoms with E-state index in [0.29, 0.717) is 27.0 Å². The number of benzene rings is 2. The van der Waals surface area contributed by atoms with Gasteiger partial charge in [-0.15, -0.1) is 0 Å². The van der Waals surface area contributed by atoms with Crippen molar-refractivity contribution in [2.45, 2.75) is 20.0 Å². The number of rotatable bonds is 4. The molecule has 0 radical (unpaired) electrons. The quantitative estimate of drug-likeness (QED) is 0.763. The number of amides is 1. The molecular formula is C16H14Cl3NO2. The molecule has 3 nitrogen and oxygen atoms in total. The molecule has 0 aliphatic carbocycles. The van der Waals surface area contributed by atoms with E-state index >= 15 is 0 Å². The molecule has 0 bridgehead atoms. The first-order chi connectivity index (χ1) is 10.4. The number of ether oxygens (including phenoxy) is 1. The van der Waals surface area contributed by atoms with Crippen LogP contribution in [0.1, 0.15) is 24.2 Å². The number of nitrogens with one attached hydrogen (secondary N) is 1. The van der Waals surface area contributed by atoms with Crippen LogP contribution in [0.15, 0.2) is 36.4 Å². The van der Waals surface area contributed by atoms with Crippen LogP contribution in [-0.2, 0) is 0 Å². The molecule has 0 aliphatic heterocycles. The number of halogens is 3. The molecule has 0 unspecified atom stereocenters. The van der Waals surface area contributed by atoms with Gasteiger partial charge in [0.1, 0.15) is 5.75 Å². The molecule has 22 heavy (non-hydrogen) atoms. The van der Waals surface area contributed by atoms with Gasteiger partial charge in [-0.05, 0) is 50.2 Å². The largest absolute Gasteiger partial charge is 0.489 e. The van der Waals surface area contributed by atoms with Crippen LogP contribution in [-0.4, -0.2) is 12.0 Å². The second-order valence-corrected chi connectivity index (χ2v) is 6.14. The van der Waals surface area contributed by atoms with Crippen LogP contribution in [0, 0.1) is 0 Å². The van der Waals surface area contributed by atoms with E-state index in [4.69, 9.17) is 39.5 Å². The Balaban J connectivity index is 2.16. The first kappa shape index (κ1) is 16.9. The van der Waals surface area contributed by atoms with Gasteiger partial charge in [-0.2, -0.15) is 0 Å². The number of anilines is 1. The summed E-state index contributed by atoms with van der Waals surface area (Å²) >= 11 is 18.0. The molecule has 116 valence electrons. The van der Waals surface area contributed by atoms with Crippen LogP contribution >= 0.6 is 34.8 Å². The minimum absolute atomic E-state index is 0.0193. The standard InChI is InChI=1S/C16H14Cl3NO2/c1-9(2)22-15-6-4-11(8-14(15)19)20-16(21)12-5-3-10(17)7-13(12)18/h3-9H,1-2H3,(H,20,21). The van der Waals surface area contributed by atoms with Crippen LogP contribution in [0.3, 0.4) is 0 Å². The van der Waals surface area contributed by atoms with Crippen LogP contribution < -0.4 is 10.1 Å². The van der Waals surface area contributed by atoms with Gasteiger partial charge in [0.2, 0.25) is 0 Å². The van der Waals surface area contributed by atoms with Crippen LogP contribution in [0.2, 0.25) is 15.1 Å². The summed E-state index contributed by atoms with van der Waals surface area (Å²) in [6.07, 6.45) is 0.0193. The zero-order valence-corrected chi connectivity index (χ0v) is 14.3. The summed E-state index contributed by atoms with van der Waals surface area (Å²) in [7, 11) is 0. The van der Waals surface area contributed by atoms with E-state index in [0.717, 1.165) is 0 Å². The predicted molar refractivity (Wildman–Crippen MR) is 91.6 cm³/mol. The van der Waals surface area contributed by atoms with Gasteiger partial charge in [-0.25, -0.2) is 0 Å². The lowest BCUT2D eigenvalue weighted by Gasteiger charge is -2.13. The third-order valence-corrected chi connectivity index (χ3v) is 3.57. The van der Waals surface area contributed by atoms with E-state index < -0.39 is 0 Å². The van der Waals surface area contributed by atoms with Crippen molar-refractivity contribution in [3.63, 3.8) is 0 Å². The smallest absolute Gasteiger partial charge is 0.257 e. The molecule has 0 aromatic heterocycles. The second kappa shape index (κ2) is 7.23. The molecule has 1 N–H and O–H groups in total. The third-order valence-electron chi connectivity index (χ3n) is 2.73.